The molecule has 1 heterocycles. The number of hydrogen-bond acceptors (Lipinski definition) is 7. The number of ether oxygens (including phenoxy) is 5. The van der Waals surface area contributed by atoms with Crippen LogP contribution in [0.1, 0.15) is 16.7 Å². The van der Waals surface area contributed by atoms with Gasteiger partial charge in [-0.25, -0.2) is 0 Å². The van der Waals surface area contributed by atoms with Gasteiger partial charge in [-0.1, -0.05) is 103 Å². The summed E-state index contributed by atoms with van der Waals surface area (Å²) in [5, 5.41) is 21.5. The number of benzene rings is 3. The molecule has 2 N–H and O–H groups in total. The Morgan fingerprint density at radius 3 is 1.61 bits per heavy atom. The van der Waals surface area contributed by atoms with E-state index in [-0.39, 0.29) is 33.0 Å². The molecule has 7 nitrogen and oxygen atoms in total. The first-order chi connectivity index (χ1) is 20.1. The Morgan fingerprint density at radius 2 is 1.17 bits per heavy atom. The normalized spacial score (nSPS) is 23.9. The van der Waals surface area contributed by atoms with Crippen LogP contribution in [0, 0.1) is 5.92 Å². The molecule has 1 fully saturated rings. The van der Waals surface area contributed by atoms with Crippen molar-refractivity contribution in [1.82, 2.24) is 0 Å². The standard InChI is InChI=1S/C34H40O7/c1-3-20-37-29(21-35)28(4-2)30-31(38-22-25-14-8-5-9-15-25)32(39-23-26-16-10-6-11-17-26)33(34(36)41-30)40-24-27-18-12-7-13-19-27/h3-19,28-36H,1-2,20-24H2/t28-,29-,30-,31-,32+,33+,34+/m1/s1. The molecule has 4 rings (SSSR count). The van der Waals surface area contributed by atoms with Gasteiger partial charge in [0.15, 0.2) is 6.29 Å². The Hall–Kier alpha value is -3.14. The van der Waals surface area contributed by atoms with Gasteiger partial charge in [0.25, 0.3) is 0 Å². The number of rotatable bonds is 16. The molecule has 41 heavy (non-hydrogen) atoms. The lowest BCUT2D eigenvalue weighted by atomic mass is 9.86. The molecule has 1 saturated heterocycles. The Bertz CT molecular complexity index is 1160. The second-order valence-electron chi connectivity index (χ2n) is 9.93. The average Bonchev–Trinajstić information content (AvgIpc) is 3.02. The molecule has 3 aromatic carbocycles. The molecule has 0 aromatic heterocycles. The van der Waals surface area contributed by atoms with Gasteiger partial charge in [0.1, 0.15) is 18.3 Å². The van der Waals surface area contributed by atoms with Crippen molar-refractivity contribution < 1.29 is 33.9 Å². The fourth-order valence-corrected chi connectivity index (χ4v) is 4.99. The van der Waals surface area contributed by atoms with Crippen LogP contribution in [0.4, 0.5) is 0 Å². The summed E-state index contributed by atoms with van der Waals surface area (Å²) >= 11 is 0. The van der Waals surface area contributed by atoms with Crippen molar-refractivity contribution >= 4 is 0 Å². The van der Waals surface area contributed by atoms with E-state index in [1.807, 2.05) is 91.0 Å². The maximum Gasteiger partial charge on any atom is 0.184 e. The van der Waals surface area contributed by atoms with Crippen LogP contribution >= 0.6 is 0 Å². The van der Waals surface area contributed by atoms with E-state index >= 15 is 0 Å². The minimum Gasteiger partial charge on any atom is -0.394 e. The minimum absolute atomic E-state index is 0.233. The molecule has 0 amide bonds. The summed E-state index contributed by atoms with van der Waals surface area (Å²) in [6.07, 6.45) is -1.76. The summed E-state index contributed by atoms with van der Waals surface area (Å²) in [4.78, 5) is 0. The van der Waals surface area contributed by atoms with Gasteiger partial charge >= 0.3 is 0 Å². The molecule has 1 aliphatic rings. The fourth-order valence-electron chi connectivity index (χ4n) is 4.99. The van der Waals surface area contributed by atoms with E-state index in [2.05, 4.69) is 13.2 Å². The van der Waals surface area contributed by atoms with E-state index in [9.17, 15) is 10.2 Å². The second kappa shape index (κ2) is 16.3. The van der Waals surface area contributed by atoms with Crippen LogP contribution in [-0.2, 0) is 43.5 Å². The van der Waals surface area contributed by atoms with Crippen LogP contribution in [0.3, 0.4) is 0 Å². The van der Waals surface area contributed by atoms with Crippen molar-refractivity contribution in [3.8, 4) is 0 Å². The highest BCUT2D eigenvalue weighted by Crippen LogP contribution is 2.35. The highest BCUT2D eigenvalue weighted by atomic mass is 16.7. The fraction of sp³-hybridized carbons (Fsp3) is 0.353. The molecule has 0 bridgehead atoms. The quantitative estimate of drug-likeness (QED) is 0.243. The SMILES string of the molecule is C=CCO[C@H](CO)[C@@H](C=C)[C@H]1O[C@H](O)[C@@H](OCc2ccccc2)[C@@H](OCc2ccccc2)[C@@H]1OCc1ccccc1. The van der Waals surface area contributed by atoms with Gasteiger partial charge < -0.3 is 33.9 Å². The third kappa shape index (κ3) is 8.67. The zero-order valence-corrected chi connectivity index (χ0v) is 23.2. The summed E-state index contributed by atoms with van der Waals surface area (Å²) in [5.74, 6) is -0.534. The van der Waals surface area contributed by atoms with Crippen molar-refractivity contribution in [3.63, 3.8) is 0 Å². The monoisotopic (exact) mass is 560 g/mol. The van der Waals surface area contributed by atoms with Gasteiger partial charge in [-0.15, -0.1) is 13.2 Å². The number of aliphatic hydroxyl groups is 2. The summed E-state index contributed by atoms with van der Waals surface area (Å²) < 4.78 is 31.4. The van der Waals surface area contributed by atoms with E-state index in [1.165, 1.54) is 0 Å². The zero-order chi connectivity index (χ0) is 28.9. The summed E-state index contributed by atoms with van der Waals surface area (Å²) in [7, 11) is 0. The van der Waals surface area contributed by atoms with E-state index in [0.717, 1.165) is 16.7 Å². The van der Waals surface area contributed by atoms with Crippen LogP contribution in [0.2, 0.25) is 0 Å². The highest BCUT2D eigenvalue weighted by molar-refractivity contribution is 5.16. The Kier molecular flexibility index (Phi) is 12.3. The van der Waals surface area contributed by atoms with Crippen LogP contribution < -0.4 is 0 Å². The molecule has 0 saturated carbocycles. The van der Waals surface area contributed by atoms with Crippen LogP contribution in [0.5, 0.6) is 0 Å². The van der Waals surface area contributed by atoms with Gasteiger partial charge in [-0.3, -0.25) is 0 Å². The Labute approximate surface area is 242 Å². The molecular weight excluding hydrogens is 520 g/mol. The first kappa shape index (κ1) is 30.8. The van der Waals surface area contributed by atoms with E-state index in [1.54, 1.807) is 12.2 Å². The van der Waals surface area contributed by atoms with Gasteiger partial charge in [-0.2, -0.15) is 0 Å². The van der Waals surface area contributed by atoms with Crippen LogP contribution in [0.15, 0.2) is 116 Å². The first-order valence-corrected chi connectivity index (χ1v) is 13.9. The molecule has 0 radical (unpaired) electrons. The summed E-state index contributed by atoms with van der Waals surface area (Å²) in [6.45, 7) is 8.46. The third-order valence-corrected chi connectivity index (χ3v) is 7.09. The van der Waals surface area contributed by atoms with E-state index < -0.39 is 42.7 Å². The smallest absolute Gasteiger partial charge is 0.184 e. The first-order valence-electron chi connectivity index (χ1n) is 13.9. The largest absolute Gasteiger partial charge is 0.394 e. The maximum absolute atomic E-state index is 11.3. The lowest BCUT2D eigenvalue weighted by molar-refractivity contribution is -0.321. The lowest BCUT2D eigenvalue weighted by Gasteiger charge is -2.47. The second-order valence-corrected chi connectivity index (χ2v) is 9.93. The summed E-state index contributed by atoms with van der Waals surface area (Å²) in [5.41, 5.74) is 2.89. The highest BCUT2D eigenvalue weighted by Gasteiger charge is 2.51. The average molecular weight is 561 g/mol. The Balaban J connectivity index is 1.66. The molecule has 218 valence electrons. The topological polar surface area (TPSA) is 86.6 Å². The maximum atomic E-state index is 11.3. The third-order valence-electron chi connectivity index (χ3n) is 7.09. The molecule has 7 heteroatoms. The van der Waals surface area contributed by atoms with Gasteiger partial charge in [-0.05, 0) is 16.7 Å². The van der Waals surface area contributed by atoms with Gasteiger partial charge in [0, 0.05) is 5.92 Å². The van der Waals surface area contributed by atoms with Crippen LogP contribution in [0.25, 0.3) is 0 Å². The van der Waals surface area contributed by atoms with Gasteiger partial charge in [0.05, 0.1) is 45.2 Å². The predicted octanol–water partition coefficient (Wildman–Crippen LogP) is 4.83. The minimum atomic E-state index is -1.33. The van der Waals surface area contributed by atoms with Crippen LogP contribution in [-0.4, -0.2) is 60.2 Å². The Morgan fingerprint density at radius 1 is 0.707 bits per heavy atom. The molecule has 0 unspecified atom stereocenters. The van der Waals surface area contributed by atoms with Crippen molar-refractivity contribution in [2.45, 2.75) is 56.6 Å². The summed E-state index contributed by atoms with van der Waals surface area (Å²) in [6, 6.07) is 29.3. The molecular formula is C34H40O7. The van der Waals surface area contributed by atoms with E-state index in [4.69, 9.17) is 23.7 Å². The van der Waals surface area contributed by atoms with Crippen molar-refractivity contribution in [2.75, 3.05) is 13.2 Å². The van der Waals surface area contributed by atoms with E-state index in [0.29, 0.717) is 0 Å². The van der Waals surface area contributed by atoms with Gasteiger partial charge in [0.2, 0.25) is 0 Å². The molecule has 0 spiro atoms. The number of aliphatic hydroxyl groups excluding tert-OH is 2. The molecule has 3 aromatic rings. The molecule has 0 aliphatic carbocycles. The molecule has 1 aliphatic heterocycles. The lowest BCUT2D eigenvalue weighted by Crippen LogP contribution is -2.63. The zero-order valence-electron chi connectivity index (χ0n) is 23.2. The van der Waals surface area contributed by atoms with Crippen molar-refractivity contribution in [3.05, 3.63) is 133 Å². The van der Waals surface area contributed by atoms with Crippen molar-refractivity contribution in [2.24, 2.45) is 5.92 Å². The van der Waals surface area contributed by atoms with Crippen molar-refractivity contribution in [1.29, 1.82) is 0 Å². The number of hydrogen-bond donors (Lipinski definition) is 2. The predicted molar refractivity (Wildman–Crippen MR) is 157 cm³/mol. The molecule has 7 atom stereocenters.